The Morgan fingerprint density at radius 2 is 1.77 bits per heavy atom. The second kappa shape index (κ2) is 9.06. The van der Waals surface area contributed by atoms with Gasteiger partial charge in [0.2, 0.25) is 6.41 Å². The van der Waals surface area contributed by atoms with Gasteiger partial charge in [-0.15, -0.1) is 0 Å². The first-order chi connectivity index (χ1) is 14.6. The van der Waals surface area contributed by atoms with Crippen LogP contribution in [0.15, 0.2) is 48.5 Å². The van der Waals surface area contributed by atoms with Crippen molar-refractivity contribution in [1.82, 2.24) is 10.3 Å². The summed E-state index contributed by atoms with van der Waals surface area (Å²) >= 11 is 5.77. The third-order valence-corrected chi connectivity index (χ3v) is 5.14. The molecule has 0 aliphatic rings. The zero-order valence-electron chi connectivity index (χ0n) is 16.7. The Morgan fingerprint density at radius 1 is 1.10 bits per heavy atom. The predicted octanol–water partition coefficient (Wildman–Crippen LogP) is 5.90. The molecule has 0 saturated carbocycles. The molecule has 1 N–H and O–H groups in total. The number of nitrogens with one attached hydrogen (secondary N) is 1. The van der Waals surface area contributed by atoms with Crippen LogP contribution in [0.2, 0.25) is 5.02 Å². The van der Waals surface area contributed by atoms with E-state index < -0.39 is 45.3 Å². The highest BCUT2D eigenvalue weighted by Crippen LogP contribution is 2.37. The highest BCUT2D eigenvalue weighted by Gasteiger charge is 2.30. The van der Waals surface area contributed by atoms with Crippen molar-refractivity contribution in [3.8, 4) is 11.3 Å². The SMILES string of the molecule is CC(C)(F)c1cc(C(CNC=O)c2ccccc2)nc(-c2cc(Cl)c(F)cc2F)c1F. The van der Waals surface area contributed by atoms with Crippen molar-refractivity contribution < 1.29 is 22.4 Å². The summed E-state index contributed by atoms with van der Waals surface area (Å²) in [7, 11) is 0. The van der Waals surface area contributed by atoms with Gasteiger partial charge in [-0.3, -0.25) is 4.79 Å². The largest absolute Gasteiger partial charge is 0.358 e. The zero-order chi connectivity index (χ0) is 22.8. The van der Waals surface area contributed by atoms with Crippen LogP contribution in [0.5, 0.6) is 0 Å². The Labute approximate surface area is 182 Å². The summed E-state index contributed by atoms with van der Waals surface area (Å²) in [6, 6.07) is 11.6. The second-order valence-corrected chi connectivity index (χ2v) is 7.87. The van der Waals surface area contributed by atoms with Crippen LogP contribution < -0.4 is 5.32 Å². The molecule has 1 aromatic heterocycles. The van der Waals surface area contributed by atoms with Crippen LogP contribution in [0.25, 0.3) is 11.3 Å². The number of benzene rings is 2. The first kappa shape index (κ1) is 22.7. The Morgan fingerprint density at radius 3 is 2.39 bits per heavy atom. The molecule has 0 saturated heterocycles. The normalized spacial score (nSPS) is 12.5. The first-order valence-corrected chi connectivity index (χ1v) is 9.78. The number of amides is 1. The van der Waals surface area contributed by atoms with E-state index in [-0.39, 0.29) is 17.8 Å². The van der Waals surface area contributed by atoms with Gasteiger partial charge in [0, 0.05) is 29.7 Å². The molecule has 3 aromatic rings. The molecular formula is C23H19ClF4N2O. The lowest BCUT2D eigenvalue weighted by Gasteiger charge is -2.23. The van der Waals surface area contributed by atoms with Crippen LogP contribution in [0, 0.1) is 17.5 Å². The Hall–Kier alpha value is -2.93. The molecule has 1 unspecified atom stereocenters. The van der Waals surface area contributed by atoms with Gasteiger partial charge < -0.3 is 5.32 Å². The number of alkyl halides is 1. The number of halogens is 5. The first-order valence-electron chi connectivity index (χ1n) is 9.40. The molecule has 1 amide bonds. The molecule has 8 heteroatoms. The summed E-state index contributed by atoms with van der Waals surface area (Å²) in [5, 5.41) is 2.13. The minimum Gasteiger partial charge on any atom is -0.358 e. The quantitative estimate of drug-likeness (QED) is 0.276. The van der Waals surface area contributed by atoms with Gasteiger partial charge in [0.05, 0.1) is 10.7 Å². The van der Waals surface area contributed by atoms with E-state index in [1.807, 2.05) is 0 Å². The molecule has 1 heterocycles. The molecule has 0 aliphatic heterocycles. The van der Waals surface area contributed by atoms with Gasteiger partial charge in [-0.1, -0.05) is 41.9 Å². The fourth-order valence-electron chi connectivity index (χ4n) is 3.29. The minimum atomic E-state index is -2.13. The highest BCUT2D eigenvalue weighted by atomic mass is 35.5. The molecule has 0 spiro atoms. The van der Waals surface area contributed by atoms with E-state index in [0.29, 0.717) is 12.5 Å². The lowest BCUT2D eigenvalue weighted by atomic mass is 9.90. The minimum absolute atomic E-state index is 0.0877. The van der Waals surface area contributed by atoms with Gasteiger partial charge in [0.1, 0.15) is 23.0 Å². The van der Waals surface area contributed by atoms with E-state index in [0.717, 1.165) is 25.5 Å². The number of hydrogen-bond acceptors (Lipinski definition) is 2. The molecule has 162 valence electrons. The summed E-state index contributed by atoms with van der Waals surface area (Å²) in [6.07, 6.45) is 0.500. The molecule has 2 aromatic carbocycles. The van der Waals surface area contributed by atoms with Crippen molar-refractivity contribution in [3.05, 3.63) is 87.8 Å². The van der Waals surface area contributed by atoms with Crippen LogP contribution in [0.3, 0.4) is 0 Å². The Balaban J connectivity index is 2.29. The molecule has 3 nitrogen and oxygen atoms in total. The predicted molar refractivity (Wildman–Crippen MR) is 111 cm³/mol. The molecule has 31 heavy (non-hydrogen) atoms. The van der Waals surface area contributed by atoms with E-state index in [1.165, 1.54) is 6.07 Å². The van der Waals surface area contributed by atoms with Crippen molar-refractivity contribution in [2.24, 2.45) is 0 Å². The highest BCUT2D eigenvalue weighted by molar-refractivity contribution is 6.31. The molecule has 0 bridgehead atoms. The number of rotatable bonds is 7. The number of pyridine rings is 1. The van der Waals surface area contributed by atoms with E-state index in [9.17, 15) is 18.0 Å². The topological polar surface area (TPSA) is 42.0 Å². The van der Waals surface area contributed by atoms with Gasteiger partial charge in [-0.05, 0) is 31.5 Å². The van der Waals surface area contributed by atoms with Crippen molar-refractivity contribution in [3.63, 3.8) is 0 Å². The van der Waals surface area contributed by atoms with Gasteiger partial charge in [-0.25, -0.2) is 22.5 Å². The maximum Gasteiger partial charge on any atom is 0.207 e. The number of hydrogen-bond donors (Lipinski definition) is 1. The summed E-state index contributed by atoms with van der Waals surface area (Å²) in [5.41, 5.74) is -2.44. The molecular weight excluding hydrogens is 432 g/mol. The van der Waals surface area contributed by atoms with Crippen LogP contribution in [0.4, 0.5) is 17.6 Å². The van der Waals surface area contributed by atoms with E-state index in [2.05, 4.69) is 10.3 Å². The van der Waals surface area contributed by atoms with Gasteiger partial charge >= 0.3 is 0 Å². The molecule has 0 radical (unpaired) electrons. The fourth-order valence-corrected chi connectivity index (χ4v) is 3.45. The monoisotopic (exact) mass is 450 g/mol. The standard InChI is InChI=1S/C23H19ClF4N2O/c1-23(2,28)16-9-20(15(11-29-12-31)13-6-4-3-5-7-13)30-22(21(16)27)14-8-17(24)19(26)10-18(14)25/h3-10,12,15H,11H2,1-2H3,(H,29,31). The number of carbonyl (C=O) groups is 1. The van der Waals surface area contributed by atoms with Crippen molar-refractivity contribution >= 4 is 18.0 Å². The van der Waals surface area contributed by atoms with Gasteiger partial charge in [-0.2, -0.15) is 0 Å². The lowest BCUT2D eigenvalue weighted by molar-refractivity contribution is -0.109. The van der Waals surface area contributed by atoms with Crippen molar-refractivity contribution in [1.29, 1.82) is 0 Å². The second-order valence-electron chi connectivity index (χ2n) is 7.47. The number of carbonyl (C=O) groups excluding carboxylic acids is 1. The average Bonchev–Trinajstić information content (AvgIpc) is 2.72. The molecule has 0 aliphatic carbocycles. The van der Waals surface area contributed by atoms with Crippen LogP contribution in [-0.2, 0) is 10.5 Å². The zero-order valence-corrected chi connectivity index (χ0v) is 17.5. The average molecular weight is 451 g/mol. The Kier molecular flexibility index (Phi) is 6.65. The third kappa shape index (κ3) is 4.88. The third-order valence-electron chi connectivity index (χ3n) is 4.85. The van der Waals surface area contributed by atoms with E-state index in [4.69, 9.17) is 11.6 Å². The summed E-state index contributed by atoms with van der Waals surface area (Å²) in [4.78, 5) is 15.2. The Bertz CT molecular complexity index is 1100. The maximum absolute atomic E-state index is 15.3. The van der Waals surface area contributed by atoms with Gasteiger partial charge in [0.15, 0.2) is 5.82 Å². The van der Waals surface area contributed by atoms with Crippen molar-refractivity contribution in [2.75, 3.05) is 6.54 Å². The summed E-state index contributed by atoms with van der Waals surface area (Å²) < 4.78 is 58.3. The maximum atomic E-state index is 15.3. The van der Waals surface area contributed by atoms with Crippen LogP contribution in [-0.4, -0.2) is 17.9 Å². The number of aromatic nitrogens is 1. The van der Waals surface area contributed by atoms with Crippen LogP contribution >= 0.6 is 11.6 Å². The fraction of sp³-hybridized carbons (Fsp3) is 0.217. The van der Waals surface area contributed by atoms with Crippen molar-refractivity contribution in [2.45, 2.75) is 25.4 Å². The smallest absolute Gasteiger partial charge is 0.207 e. The van der Waals surface area contributed by atoms with E-state index in [1.54, 1.807) is 30.3 Å². The van der Waals surface area contributed by atoms with Crippen LogP contribution in [0.1, 0.15) is 36.6 Å². The molecule has 0 fully saturated rings. The number of nitrogens with zero attached hydrogens (tertiary/aromatic N) is 1. The summed E-state index contributed by atoms with van der Waals surface area (Å²) in [5.74, 6) is -3.75. The lowest BCUT2D eigenvalue weighted by Crippen LogP contribution is -2.23. The molecule has 3 rings (SSSR count). The van der Waals surface area contributed by atoms with Gasteiger partial charge in [0.25, 0.3) is 0 Å². The van der Waals surface area contributed by atoms with E-state index >= 15 is 4.39 Å². The summed E-state index contributed by atoms with van der Waals surface area (Å²) in [6.45, 7) is 2.41. The molecule has 1 atom stereocenters.